The van der Waals surface area contributed by atoms with Crippen LogP contribution in [0.1, 0.15) is 11.1 Å². The second-order valence-corrected chi connectivity index (χ2v) is 7.17. The van der Waals surface area contributed by atoms with Crippen LogP contribution in [-0.2, 0) is 15.8 Å². The lowest BCUT2D eigenvalue weighted by molar-refractivity contribution is 0.331. The molecule has 2 aromatic rings. The van der Waals surface area contributed by atoms with Crippen LogP contribution in [0.25, 0.3) is 0 Å². The Kier molecular flexibility index (Phi) is 6.87. The van der Waals surface area contributed by atoms with Gasteiger partial charge in [-0.25, -0.2) is 13.1 Å². The van der Waals surface area contributed by atoms with Crippen LogP contribution in [0.4, 0.5) is 0 Å². The lowest BCUT2D eigenvalue weighted by atomic mass is 10.2. The van der Waals surface area contributed by atoms with Crippen molar-refractivity contribution in [3.63, 3.8) is 0 Å². The second kappa shape index (κ2) is 9.11. The van der Waals surface area contributed by atoms with E-state index in [-0.39, 0.29) is 18.9 Å². The predicted octanol–water partition coefficient (Wildman–Crippen LogP) is 2.51. The van der Waals surface area contributed by atoms with Gasteiger partial charge in [0.1, 0.15) is 6.61 Å². The Balaban J connectivity index is 1.79. The first-order valence-corrected chi connectivity index (χ1v) is 9.40. The number of para-hydroxylation sites is 2. The number of nitrogens with one attached hydrogen (secondary N) is 1. The molecule has 0 fully saturated rings. The summed E-state index contributed by atoms with van der Waals surface area (Å²) in [7, 11) is -1.85. The quantitative estimate of drug-likeness (QED) is 0.772. The fourth-order valence-corrected chi connectivity index (χ4v) is 3.20. The Labute approximate surface area is 149 Å². The van der Waals surface area contributed by atoms with E-state index in [0.717, 1.165) is 11.1 Å². The highest BCUT2D eigenvalue weighted by atomic mass is 32.2. The lowest BCUT2D eigenvalue weighted by Crippen LogP contribution is -2.25. The van der Waals surface area contributed by atoms with Crippen LogP contribution in [0, 0.1) is 18.8 Å². The fraction of sp³-hybridized carbons (Fsp3) is 0.263. The molecule has 0 saturated heterocycles. The second-order valence-electron chi connectivity index (χ2n) is 5.36. The summed E-state index contributed by atoms with van der Waals surface area (Å²) in [5.41, 5.74) is 1.78. The highest BCUT2D eigenvalue weighted by Gasteiger charge is 2.10. The minimum atomic E-state index is -3.41. The van der Waals surface area contributed by atoms with Crippen molar-refractivity contribution in [2.45, 2.75) is 12.7 Å². The molecule has 0 aromatic heterocycles. The van der Waals surface area contributed by atoms with E-state index >= 15 is 0 Å². The average molecular weight is 359 g/mol. The molecule has 2 rings (SSSR count). The summed E-state index contributed by atoms with van der Waals surface area (Å²) in [5, 5.41) is 0. The van der Waals surface area contributed by atoms with Crippen LogP contribution < -0.4 is 14.2 Å². The summed E-state index contributed by atoms with van der Waals surface area (Å²) in [4.78, 5) is 0. The van der Waals surface area contributed by atoms with Crippen LogP contribution in [0.15, 0.2) is 48.5 Å². The van der Waals surface area contributed by atoms with Gasteiger partial charge in [0.05, 0.1) is 19.4 Å². The zero-order valence-corrected chi connectivity index (χ0v) is 15.1. The molecule has 0 bridgehead atoms. The van der Waals surface area contributed by atoms with Crippen LogP contribution in [-0.4, -0.2) is 28.7 Å². The zero-order chi connectivity index (χ0) is 18.1. The molecule has 0 unspecified atom stereocenters. The summed E-state index contributed by atoms with van der Waals surface area (Å²) >= 11 is 0. The van der Waals surface area contributed by atoms with Crippen molar-refractivity contribution in [3.05, 3.63) is 59.7 Å². The summed E-state index contributed by atoms with van der Waals surface area (Å²) < 4.78 is 37.2. The van der Waals surface area contributed by atoms with Gasteiger partial charge >= 0.3 is 0 Å². The van der Waals surface area contributed by atoms with Gasteiger partial charge in [0.2, 0.25) is 10.0 Å². The molecule has 0 aliphatic carbocycles. The smallest absolute Gasteiger partial charge is 0.216 e. The zero-order valence-electron chi connectivity index (χ0n) is 14.3. The number of benzene rings is 2. The monoisotopic (exact) mass is 359 g/mol. The first-order valence-electron chi connectivity index (χ1n) is 7.74. The normalized spacial score (nSPS) is 10.6. The summed E-state index contributed by atoms with van der Waals surface area (Å²) in [6, 6.07) is 14.7. The van der Waals surface area contributed by atoms with Crippen molar-refractivity contribution in [3.8, 4) is 23.3 Å². The van der Waals surface area contributed by atoms with Crippen molar-refractivity contribution in [2.75, 3.05) is 20.3 Å². The van der Waals surface area contributed by atoms with Gasteiger partial charge in [0.15, 0.2) is 11.5 Å². The van der Waals surface area contributed by atoms with Crippen LogP contribution >= 0.6 is 0 Å². The van der Waals surface area contributed by atoms with Crippen molar-refractivity contribution >= 4 is 10.0 Å². The van der Waals surface area contributed by atoms with Crippen molar-refractivity contribution in [1.82, 2.24) is 4.72 Å². The minimum absolute atomic E-state index is 0.0451. The van der Waals surface area contributed by atoms with E-state index in [2.05, 4.69) is 16.6 Å². The SMILES string of the molecule is COc1ccccc1OCC#CCNS(=O)(=O)Cc1cccc(C)c1. The van der Waals surface area contributed by atoms with E-state index in [1.165, 1.54) is 0 Å². The van der Waals surface area contributed by atoms with E-state index in [1.54, 1.807) is 25.3 Å². The topological polar surface area (TPSA) is 64.6 Å². The van der Waals surface area contributed by atoms with Crippen LogP contribution in [0.2, 0.25) is 0 Å². The van der Waals surface area contributed by atoms with Gasteiger partial charge in [0, 0.05) is 0 Å². The Bertz CT molecular complexity index is 866. The molecule has 5 nitrogen and oxygen atoms in total. The first-order chi connectivity index (χ1) is 12.0. The van der Waals surface area contributed by atoms with E-state index in [4.69, 9.17) is 9.47 Å². The molecule has 0 aliphatic rings. The average Bonchev–Trinajstić information content (AvgIpc) is 2.58. The first kappa shape index (κ1) is 18.8. The molecule has 0 radical (unpaired) electrons. The lowest BCUT2D eigenvalue weighted by Gasteiger charge is -2.07. The molecule has 2 aromatic carbocycles. The maximum absolute atomic E-state index is 12.0. The molecular formula is C19H21NO4S. The summed E-state index contributed by atoms with van der Waals surface area (Å²) in [5.74, 6) is 6.68. The Morgan fingerprint density at radius 2 is 1.80 bits per heavy atom. The van der Waals surface area contributed by atoms with Gasteiger partial charge in [-0.2, -0.15) is 0 Å². The standard InChI is InChI=1S/C19H21NO4S/c1-16-8-7-9-17(14-16)15-25(21,22)20-12-5-6-13-24-19-11-4-3-10-18(19)23-2/h3-4,7-11,14,20H,12-13,15H2,1-2H3. The third-order valence-corrected chi connectivity index (χ3v) is 4.61. The summed E-state index contributed by atoms with van der Waals surface area (Å²) in [6.45, 7) is 2.13. The maximum Gasteiger partial charge on any atom is 0.216 e. The summed E-state index contributed by atoms with van der Waals surface area (Å²) in [6.07, 6.45) is 0. The van der Waals surface area contributed by atoms with Gasteiger partial charge in [0.25, 0.3) is 0 Å². The van der Waals surface area contributed by atoms with Gasteiger partial charge < -0.3 is 9.47 Å². The molecule has 25 heavy (non-hydrogen) atoms. The van der Waals surface area contributed by atoms with Gasteiger partial charge in [-0.15, -0.1) is 0 Å². The molecule has 0 aliphatic heterocycles. The van der Waals surface area contributed by atoms with Crippen LogP contribution in [0.5, 0.6) is 11.5 Å². The van der Waals surface area contributed by atoms with E-state index in [9.17, 15) is 8.42 Å². The Morgan fingerprint density at radius 3 is 2.52 bits per heavy atom. The highest BCUT2D eigenvalue weighted by molar-refractivity contribution is 7.88. The van der Waals surface area contributed by atoms with Gasteiger partial charge in [-0.3, -0.25) is 0 Å². The van der Waals surface area contributed by atoms with Crippen LogP contribution in [0.3, 0.4) is 0 Å². The van der Waals surface area contributed by atoms with E-state index in [1.807, 2.05) is 37.3 Å². The van der Waals surface area contributed by atoms with E-state index < -0.39 is 10.0 Å². The molecule has 132 valence electrons. The van der Waals surface area contributed by atoms with Crippen molar-refractivity contribution in [1.29, 1.82) is 0 Å². The van der Waals surface area contributed by atoms with Gasteiger partial charge in [-0.1, -0.05) is 53.8 Å². The third kappa shape index (κ3) is 6.49. The number of rotatable bonds is 7. The predicted molar refractivity (Wildman–Crippen MR) is 98.1 cm³/mol. The van der Waals surface area contributed by atoms with E-state index in [0.29, 0.717) is 11.5 Å². The molecule has 1 N–H and O–H groups in total. The molecular weight excluding hydrogens is 338 g/mol. The molecule has 0 heterocycles. The number of sulfonamides is 1. The maximum atomic E-state index is 12.0. The largest absolute Gasteiger partial charge is 0.493 e. The third-order valence-electron chi connectivity index (χ3n) is 3.31. The Morgan fingerprint density at radius 1 is 1.04 bits per heavy atom. The molecule has 0 saturated carbocycles. The van der Waals surface area contributed by atoms with Gasteiger partial charge in [-0.05, 0) is 24.6 Å². The Hall–Kier alpha value is -2.49. The molecule has 0 spiro atoms. The molecule has 6 heteroatoms. The number of hydrogen-bond donors (Lipinski definition) is 1. The molecule has 0 atom stereocenters. The van der Waals surface area contributed by atoms with Crippen molar-refractivity contribution in [2.24, 2.45) is 0 Å². The van der Waals surface area contributed by atoms with Crippen molar-refractivity contribution < 1.29 is 17.9 Å². The number of ether oxygens (including phenoxy) is 2. The number of methoxy groups -OCH3 is 1. The highest BCUT2D eigenvalue weighted by Crippen LogP contribution is 2.25. The number of hydrogen-bond acceptors (Lipinski definition) is 4. The number of aryl methyl sites for hydroxylation is 1. The minimum Gasteiger partial charge on any atom is -0.493 e. The molecule has 0 amide bonds. The fourth-order valence-electron chi connectivity index (χ4n) is 2.18.